The Labute approximate surface area is 122 Å². The van der Waals surface area contributed by atoms with Crippen LogP contribution in [0.5, 0.6) is 0 Å². The third-order valence-electron chi connectivity index (χ3n) is 3.12. The number of nitrogens with one attached hydrogen (secondary N) is 2. The monoisotopic (exact) mass is 315 g/mol. The highest BCUT2D eigenvalue weighted by Crippen LogP contribution is 2.23. The largest absolute Gasteiger partial charge is 0.378 e. The molecule has 0 saturated carbocycles. The Morgan fingerprint density at radius 1 is 1.50 bits per heavy atom. The van der Waals surface area contributed by atoms with Gasteiger partial charge in [-0.05, 0) is 18.2 Å². The van der Waals surface area contributed by atoms with Gasteiger partial charge in [0.15, 0.2) is 0 Å². The minimum absolute atomic E-state index is 0.0800. The molecule has 1 saturated heterocycles. The van der Waals surface area contributed by atoms with Gasteiger partial charge >= 0.3 is 0 Å². The lowest BCUT2D eigenvalue weighted by Crippen LogP contribution is -2.43. The summed E-state index contributed by atoms with van der Waals surface area (Å²) in [5, 5.41) is 12.0. The van der Waals surface area contributed by atoms with Crippen LogP contribution in [0.25, 0.3) is 0 Å². The molecule has 1 aromatic carbocycles. The molecular weight excluding hydrogens is 302 g/mol. The predicted octanol–water partition coefficient (Wildman–Crippen LogP) is 0.477. The molecular formula is C12H14ClN3O3S. The van der Waals surface area contributed by atoms with Crippen LogP contribution in [-0.2, 0) is 14.8 Å². The van der Waals surface area contributed by atoms with Crippen LogP contribution in [0.3, 0.4) is 0 Å². The van der Waals surface area contributed by atoms with Crippen LogP contribution in [0, 0.1) is 11.3 Å². The van der Waals surface area contributed by atoms with Crippen LogP contribution in [0.2, 0.25) is 5.02 Å². The zero-order valence-corrected chi connectivity index (χ0v) is 12.3. The fourth-order valence-electron chi connectivity index (χ4n) is 2.06. The summed E-state index contributed by atoms with van der Waals surface area (Å²) in [7, 11) is -2.27. The molecule has 0 spiro atoms. The van der Waals surface area contributed by atoms with Gasteiger partial charge < -0.3 is 10.1 Å². The lowest BCUT2D eigenvalue weighted by atomic mass is 10.2. The molecule has 1 aliphatic rings. The summed E-state index contributed by atoms with van der Waals surface area (Å²) in [6.07, 6.45) is -0.234. The average Bonchev–Trinajstić information content (AvgIpc) is 2.85. The van der Waals surface area contributed by atoms with Gasteiger partial charge in [-0.15, -0.1) is 0 Å². The van der Waals surface area contributed by atoms with Gasteiger partial charge in [-0.1, -0.05) is 11.6 Å². The number of halogens is 1. The fourth-order valence-corrected chi connectivity index (χ4v) is 3.85. The van der Waals surface area contributed by atoms with Gasteiger partial charge in [0.2, 0.25) is 10.0 Å². The summed E-state index contributed by atoms with van der Waals surface area (Å²) >= 11 is 5.92. The maximum absolute atomic E-state index is 12.4. The van der Waals surface area contributed by atoms with E-state index >= 15 is 0 Å². The van der Waals surface area contributed by atoms with Crippen molar-refractivity contribution in [2.75, 3.05) is 20.2 Å². The van der Waals surface area contributed by atoms with Gasteiger partial charge in [-0.2, -0.15) is 5.26 Å². The molecule has 1 unspecified atom stereocenters. The smallest absolute Gasteiger partial charge is 0.242 e. The van der Waals surface area contributed by atoms with Gasteiger partial charge in [-0.3, -0.25) is 0 Å². The van der Waals surface area contributed by atoms with E-state index in [2.05, 4.69) is 10.0 Å². The molecule has 0 bridgehead atoms. The van der Waals surface area contributed by atoms with Crippen LogP contribution in [0.15, 0.2) is 23.1 Å². The van der Waals surface area contributed by atoms with E-state index in [0.29, 0.717) is 13.1 Å². The van der Waals surface area contributed by atoms with Gasteiger partial charge in [-0.25, -0.2) is 13.1 Å². The van der Waals surface area contributed by atoms with Crippen molar-refractivity contribution in [2.24, 2.45) is 0 Å². The molecule has 6 nitrogen and oxygen atoms in total. The maximum Gasteiger partial charge on any atom is 0.242 e. The summed E-state index contributed by atoms with van der Waals surface area (Å²) < 4.78 is 32.5. The lowest BCUT2D eigenvalue weighted by Gasteiger charge is -2.19. The van der Waals surface area contributed by atoms with E-state index in [-0.39, 0.29) is 27.6 Å². The predicted molar refractivity (Wildman–Crippen MR) is 73.9 cm³/mol. The number of ether oxygens (including phenoxy) is 1. The van der Waals surface area contributed by atoms with E-state index in [9.17, 15) is 8.42 Å². The quantitative estimate of drug-likeness (QED) is 0.843. The molecule has 2 atom stereocenters. The first-order valence-electron chi connectivity index (χ1n) is 5.93. The maximum atomic E-state index is 12.4. The van der Waals surface area contributed by atoms with Crippen LogP contribution in [0.4, 0.5) is 0 Å². The van der Waals surface area contributed by atoms with Crippen molar-refractivity contribution in [3.8, 4) is 6.07 Å². The van der Waals surface area contributed by atoms with Crippen molar-refractivity contribution in [2.45, 2.75) is 17.0 Å². The summed E-state index contributed by atoms with van der Waals surface area (Å²) in [5.74, 6) is 0. The summed E-state index contributed by atoms with van der Waals surface area (Å²) in [6, 6.07) is 5.65. The van der Waals surface area contributed by atoms with Crippen molar-refractivity contribution in [3.63, 3.8) is 0 Å². The Kier molecular flexibility index (Phi) is 4.62. The zero-order valence-electron chi connectivity index (χ0n) is 10.8. The molecule has 2 rings (SSSR count). The first kappa shape index (κ1) is 15.2. The molecule has 2 N–H and O–H groups in total. The summed E-state index contributed by atoms with van der Waals surface area (Å²) in [6.45, 7) is 1.06. The Hall–Kier alpha value is -1.17. The highest BCUT2D eigenvalue weighted by atomic mass is 35.5. The van der Waals surface area contributed by atoms with Gasteiger partial charge in [0, 0.05) is 20.2 Å². The Morgan fingerprint density at radius 3 is 2.90 bits per heavy atom. The van der Waals surface area contributed by atoms with E-state index in [1.807, 2.05) is 6.07 Å². The molecule has 1 aliphatic heterocycles. The van der Waals surface area contributed by atoms with Gasteiger partial charge in [0.25, 0.3) is 0 Å². The molecule has 20 heavy (non-hydrogen) atoms. The minimum Gasteiger partial charge on any atom is -0.378 e. The molecule has 1 fully saturated rings. The number of rotatable bonds is 4. The van der Waals surface area contributed by atoms with Crippen LogP contribution in [0.1, 0.15) is 5.56 Å². The second-order valence-electron chi connectivity index (χ2n) is 4.42. The minimum atomic E-state index is -3.80. The van der Waals surface area contributed by atoms with E-state index in [0.717, 1.165) is 0 Å². The number of methoxy groups -OCH3 is 1. The number of nitrogens with zero attached hydrogens (tertiary/aromatic N) is 1. The van der Waals surface area contributed by atoms with Crippen molar-refractivity contribution in [1.29, 1.82) is 5.26 Å². The second kappa shape index (κ2) is 6.08. The SMILES string of the molecule is CO[C@H]1CNCC1NS(=O)(=O)c1cc(C#N)ccc1Cl. The van der Waals surface area contributed by atoms with Crippen molar-refractivity contribution < 1.29 is 13.2 Å². The van der Waals surface area contributed by atoms with E-state index in [1.54, 1.807) is 0 Å². The first-order chi connectivity index (χ1) is 9.47. The second-order valence-corrected chi connectivity index (χ2v) is 6.51. The third-order valence-corrected chi connectivity index (χ3v) is 5.09. The Morgan fingerprint density at radius 2 is 2.25 bits per heavy atom. The highest BCUT2D eigenvalue weighted by Gasteiger charge is 2.32. The molecule has 8 heteroatoms. The van der Waals surface area contributed by atoms with Gasteiger partial charge in [0.1, 0.15) is 4.90 Å². The van der Waals surface area contributed by atoms with Crippen molar-refractivity contribution in [1.82, 2.24) is 10.0 Å². The van der Waals surface area contributed by atoms with Crippen molar-refractivity contribution in [3.05, 3.63) is 28.8 Å². The molecule has 0 aliphatic carbocycles. The van der Waals surface area contributed by atoms with Crippen LogP contribution in [-0.4, -0.2) is 40.8 Å². The fraction of sp³-hybridized carbons (Fsp3) is 0.417. The highest BCUT2D eigenvalue weighted by molar-refractivity contribution is 7.89. The third kappa shape index (κ3) is 3.11. The summed E-state index contributed by atoms with van der Waals surface area (Å²) in [4.78, 5) is -0.0973. The molecule has 1 heterocycles. The summed E-state index contributed by atoms with van der Waals surface area (Å²) in [5.41, 5.74) is 0.239. The number of hydrogen-bond donors (Lipinski definition) is 2. The van der Waals surface area contributed by atoms with E-state index < -0.39 is 10.0 Å². The number of sulfonamides is 1. The topological polar surface area (TPSA) is 91.2 Å². The molecule has 108 valence electrons. The Bertz CT molecular complexity index is 642. The standard InChI is InChI=1S/C12H14ClN3O3S/c1-19-11-7-15-6-10(11)16-20(17,18)12-4-8(5-14)2-3-9(12)13/h2-4,10-11,15-16H,6-7H2,1H3/t10?,11-/m0/s1. The average molecular weight is 316 g/mol. The normalized spacial score (nSPS) is 22.6. The van der Waals surface area contributed by atoms with Gasteiger partial charge in [0.05, 0.1) is 28.8 Å². The first-order valence-corrected chi connectivity index (χ1v) is 7.79. The molecule has 0 aromatic heterocycles. The van der Waals surface area contributed by atoms with Crippen LogP contribution >= 0.6 is 11.6 Å². The number of hydrogen-bond acceptors (Lipinski definition) is 5. The molecule has 0 radical (unpaired) electrons. The Balaban J connectivity index is 2.29. The van der Waals surface area contributed by atoms with E-state index in [4.69, 9.17) is 21.6 Å². The zero-order chi connectivity index (χ0) is 14.8. The molecule has 1 aromatic rings. The van der Waals surface area contributed by atoms with Crippen LogP contribution < -0.4 is 10.0 Å². The molecule has 0 amide bonds. The van der Waals surface area contributed by atoms with E-state index in [1.165, 1.54) is 25.3 Å². The number of nitriles is 1. The number of benzene rings is 1. The lowest BCUT2D eigenvalue weighted by molar-refractivity contribution is 0.103. The van der Waals surface area contributed by atoms with Crippen molar-refractivity contribution >= 4 is 21.6 Å².